The zero-order valence-electron chi connectivity index (χ0n) is 7.87. The van der Waals surface area contributed by atoms with Gasteiger partial charge in [0.05, 0.1) is 0 Å². The van der Waals surface area contributed by atoms with E-state index >= 15 is 0 Å². The van der Waals surface area contributed by atoms with Gasteiger partial charge in [0.1, 0.15) is 11.9 Å². The normalized spacial score (nSPS) is 19.3. The minimum Gasteiger partial charge on any atom is -0.452 e. The molecule has 1 aliphatic carbocycles. The summed E-state index contributed by atoms with van der Waals surface area (Å²) < 4.78 is 5.92. The first-order chi connectivity index (χ1) is 6.75. The van der Waals surface area contributed by atoms with Gasteiger partial charge in [0.25, 0.3) is 0 Å². The van der Waals surface area contributed by atoms with Crippen LogP contribution in [0.5, 0.6) is 0 Å². The van der Waals surface area contributed by atoms with E-state index in [1.54, 1.807) is 12.1 Å². The van der Waals surface area contributed by atoms with E-state index in [2.05, 4.69) is 21.2 Å². The number of hydrogen-bond donors (Lipinski definition) is 2. The lowest BCUT2D eigenvalue weighted by Crippen LogP contribution is -2.37. The Morgan fingerprint density at radius 2 is 2.36 bits per heavy atom. The molecule has 0 bridgehead atoms. The molecule has 3 nitrogen and oxygen atoms in total. The smallest absolute Gasteiger partial charge is 0.169 e. The van der Waals surface area contributed by atoms with E-state index in [0.29, 0.717) is 23.0 Å². The third kappa shape index (κ3) is 2.38. The minimum absolute atomic E-state index is 0.540. The zero-order chi connectivity index (χ0) is 9.97. The second kappa shape index (κ2) is 4.47. The Morgan fingerprint density at radius 1 is 1.57 bits per heavy atom. The van der Waals surface area contributed by atoms with E-state index in [9.17, 15) is 5.11 Å². The Morgan fingerprint density at radius 3 is 2.86 bits per heavy atom. The Bertz CT molecular complexity index is 296. The van der Waals surface area contributed by atoms with Crippen molar-refractivity contribution in [2.45, 2.75) is 31.4 Å². The summed E-state index contributed by atoms with van der Waals surface area (Å²) in [5.41, 5.74) is 0. The first-order valence-corrected chi connectivity index (χ1v) is 5.71. The summed E-state index contributed by atoms with van der Waals surface area (Å²) in [6, 6.07) is 4.18. The molecule has 0 amide bonds. The molecule has 14 heavy (non-hydrogen) atoms. The van der Waals surface area contributed by atoms with Crippen molar-refractivity contribution in [3.05, 3.63) is 22.6 Å². The van der Waals surface area contributed by atoms with Crippen LogP contribution in [0.15, 0.2) is 21.2 Å². The van der Waals surface area contributed by atoms with Gasteiger partial charge in [-0.15, -0.1) is 0 Å². The van der Waals surface area contributed by atoms with Gasteiger partial charge in [-0.1, -0.05) is 6.42 Å². The molecule has 0 radical (unpaired) electrons. The van der Waals surface area contributed by atoms with Gasteiger partial charge in [0, 0.05) is 12.6 Å². The Balaban J connectivity index is 1.79. The number of aliphatic hydroxyl groups excluding tert-OH is 1. The van der Waals surface area contributed by atoms with Crippen molar-refractivity contribution < 1.29 is 9.52 Å². The first kappa shape index (κ1) is 10.2. The molecule has 2 N–H and O–H groups in total. The third-order valence-corrected chi connectivity index (χ3v) is 3.05. The zero-order valence-corrected chi connectivity index (χ0v) is 9.46. The van der Waals surface area contributed by atoms with Crippen molar-refractivity contribution in [3.8, 4) is 0 Å². The van der Waals surface area contributed by atoms with Crippen molar-refractivity contribution in [2.75, 3.05) is 6.54 Å². The van der Waals surface area contributed by atoms with E-state index in [0.717, 1.165) is 0 Å². The van der Waals surface area contributed by atoms with Crippen molar-refractivity contribution in [2.24, 2.45) is 0 Å². The van der Waals surface area contributed by atoms with E-state index in [1.165, 1.54) is 19.3 Å². The number of aliphatic hydroxyl groups is 1. The summed E-state index contributed by atoms with van der Waals surface area (Å²) >= 11 is 3.21. The van der Waals surface area contributed by atoms with Crippen molar-refractivity contribution in [1.82, 2.24) is 5.32 Å². The second-order valence-corrected chi connectivity index (χ2v) is 4.48. The Labute approximate surface area is 91.6 Å². The molecular formula is C10H14BrNO2. The number of rotatable bonds is 4. The van der Waals surface area contributed by atoms with Crippen LogP contribution in [0.25, 0.3) is 0 Å². The fourth-order valence-corrected chi connectivity index (χ4v) is 1.82. The Kier molecular flexibility index (Phi) is 3.26. The second-order valence-electron chi connectivity index (χ2n) is 3.69. The fourth-order valence-electron chi connectivity index (χ4n) is 1.50. The average Bonchev–Trinajstić information content (AvgIpc) is 2.49. The standard InChI is InChI=1S/C10H14BrNO2/c11-10-5-4-9(14-10)8(13)6-12-7-2-1-3-7/h4-5,7-8,12-13H,1-3,6H2. The minimum atomic E-state index is -0.540. The van der Waals surface area contributed by atoms with Crippen LogP contribution < -0.4 is 5.32 Å². The summed E-state index contributed by atoms with van der Waals surface area (Å²) in [4.78, 5) is 0. The van der Waals surface area contributed by atoms with E-state index < -0.39 is 6.10 Å². The molecule has 4 heteroatoms. The van der Waals surface area contributed by atoms with E-state index in [1.807, 2.05) is 0 Å². The van der Waals surface area contributed by atoms with Crippen LogP contribution in [-0.4, -0.2) is 17.7 Å². The van der Waals surface area contributed by atoms with Gasteiger partial charge < -0.3 is 14.8 Å². The van der Waals surface area contributed by atoms with Gasteiger partial charge in [0.15, 0.2) is 4.67 Å². The monoisotopic (exact) mass is 259 g/mol. The highest BCUT2D eigenvalue weighted by molar-refractivity contribution is 9.10. The van der Waals surface area contributed by atoms with Crippen LogP contribution in [0.1, 0.15) is 31.1 Å². The molecule has 1 heterocycles. The summed E-state index contributed by atoms with van der Waals surface area (Å²) in [6.45, 7) is 0.574. The quantitative estimate of drug-likeness (QED) is 0.872. The molecule has 1 atom stereocenters. The molecule has 1 aliphatic rings. The van der Waals surface area contributed by atoms with E-state index in [-0.39, 0.29) is 0 Å². The van der Waals surface area contributed by atoms with Crippen LogP contribution in [0, 0.1) is 0 Å². The molecule has 1 fully saturated rings. The molecule has 1 aromatic rings. The van der Waals surface area contributed by atoms with Crippen molar-refractivity contribution >= 4 is 15.9 Å². The molecule has 0 saturated heterocycles. The maximum absolute atomic E-state index is 9.73. The van der Waals surface area contributed by atoms with Crippen molar-refractivity contribution in [1.29, 1.82) is 0 Å². The highest BCUT2D eigenvalue weighted by Gasteiger charge is 2.19. The lowest BCUT2D eigenvalue weighted by atomic mass is 9.93. The van der Waals surface area contributed by atoms with Gasteiger partial charge in [-0.25, -0.2) is 0 Å². The summed E-state index contributed by atoms with van der Waals surface area (Å²) in [5, 5.41) is 13.0. The molecule has 1 saturated carbocycles. The van der Waals surface area contributed by atoms with Crippen LogP contribution >= 0.6 is 15.9 Å². The maximum Gasteiger partial charge on any atom is 0.169 e. The Hall–Kier alpha value is -0.320. The topological polar surface area (TPSA) is 45.4 Å². The van der Waals surface area contributed by atoms with Gasteiger partial charge in [-0.05, 0) is 40.9 Å². The molecule has 0 aliphatic heterocycles. The van der Waals surface area contributed by atoms with Crippen LogP contribution in [0.4, 0.5) is 0 Å². The first-order valence-electron chi connectivity index (χ1n) is 4.92. The molecule has 1 aromatic heterocycles. The number of nitrogens with one attached hydrogen (secondary N) is 1. The largest absolute Gasteiger partial charge is 0.452 e. The van der Waals surface area contributed by atoms with Gasteiger partial charge in [0.2, 0.25) is 0 Å². The highest BCUT2D eigenvalue weighted by atomic mass is 79.9. The molecule has 0 spiro atoms. The predicted molar refractivity (Wildman–Crippen MR) is 57.0 cm³/mol. The van der Waals surface area contributed by atoms with Crippen LogP contribution in [0.3, 0.4) is 0 Å². The summed E-state index contributed by atoms with van der Waals surface area (Å²) in [5.74, 6) is 0.615. The highest BCUT2D eigenvalue weighted by Crippen LogP contribution is 2.22. The third-order valence-electron chi connectivity index (χ3n) is 2.63. The molecule has 0 aromatic carbocycles. The van der Waals surface area contributed by atoms with Gasteiger partial charge in [-0.3, -0.25) is 0 Å². The number of furan rings is 1. The fraction of sp³-hybridized carbons (Fsp3) is 0.600. The predicted octanol–water partition coefficient (Wildman–Crippen LogP) is 2.22. The van der Waals surface area contributed by atoms with E-state index in [4.69, 9.17) is 4.42 Å². The lowest BCUT2D eigenvalue weighted by molar-refractivity contribution is 0.136. The lowest BCUT2D eigenvalue weighted by Gasteiger charge is -2.27. The molecular weight excluding hydrogens is 246 g/mol. The van der Waals surface area contributed by atoms with Crippen LogP contribution in [0.2, 0.25) is 0 Å². The van der Waals surface area contributed by atoms with Crippen molar-refractivity contribution in [3.63, 3.8) is 0 Å². The number of halogens is 1. The molecule has 78 valence electrons. The summed E-state index contributed by atoms with van der Waals surface area (Å²) in [6.07, 6.45) is 3.23. The average molecular weight is 260 g/mol. The SMILES string of the molecule is OC(CNC1CCC1)c1ccc(Br)o1. The molecule has 1 unspecified atom stereocenters. The van der Waals surface area contributed by atoms with Gasteiger partial charge in [-0.2, -0.15) is 0 Å². The summed E-state index contributed by atoms with van der Waals surface area (Å²) in [7, 11) is 0. The number of hydrogen-bond acceptors (Lipinski definition) is 3. The van der Waals surface area contributed by atoms with Crippen LogP contribution in [-0.2, 0) is 0 Å². The van der Waals surface area contributed by atoms with Gasteiger partial charge >= 0.3 is 0 Å². The molecule has 2 rings (SSSR count). The maximum atomic E-state index is 9.73.